The Morgan fingerprint density at radius 1 is 1.21 bits per heavy atom. The van der Waals surface area contributed by atoms with E-state index in [0.717, 1.165) is 11.6 Å². The molecule has 1 aromatic carbocycles. The predicted molar refractivity (Wildman–Crippen MR) is 76.4 cm³/mol. The minimum Gasteiger partial charge on any atom is -0.382 e. The molecule has 0 spiro atoms. The molecule has 2 unspecified atom stereocenters. The van der Waals surface area contributed by atoms with Crippen LogP contribution in [0.4, 0.5) is 5.69 Å². The third kappa shape index (κ3) is 2.95. The van der Waals surface area contributed by atoms with Gasteiger partial charge in [0.15, 0.2) is 0 Å². The molecule has 1 saturated carbocycles. The summed E-state index contributed by atoms with van der Waals surface area (Å²) in [5.41, 5.74) is 2.28. The molecule has 1 aliphatic carbocycles. The van der Waals surface area contributed by atoms with Crippen LogP contribution in [0.2, 0.25) is 0 Å². The standard InChI is InChI=1S/C15H20N4/c1-12-4-2-5-13(8-12)18-14-6-3-7-15(9-14)19-10-16-17-11-19/h3,6-7,9-13,18H,2,4-5,8H2,1H3. The quantitative estimate of drug-likeness (QED) is 0.916. The highest BCUT2D eigenvalue weighted by molar-refractivity contribution is 5.51. The lowest BCUT2D eigenvalue weighted by molar-refractivity contribution is 0.358. The van der Waals surface area contributed by atoms with Gasteiger partial charge in [-0.05, 0) is 37.0 Å². The van der Waals surface area contributed by atoms with Gasteiger partial charge in [0.2, 0.25) is 0 Å². The molecule has 0 amide bonds. The Kier molecular flexibility index (Phi) is 3.49. The zero-order valence-corrected chi connectivity index (χ0v) is 11.3. The summed E-state index contributed by atoms with van der Waals surface area (Å²) in [6.45, 7) is 2.35. The highest BCUT2D eigenvalue weighted by Crippen LogP contribution is 2.26. The molecule has 100 valence electrons. The Labute approximate surface area is 113 Å². The summed E-state index contributed by atoms with van der Waals surface area (Å²) in [6, 6.07) is 9.04. The average molecular weight is 256 g/mol. The molecule has 2 atom stereocenters. The number of anilines is 1. The van der Waals surface area contributed by atoms with Crippen LogP contribution in [0.15, 0.2) is 36.9 Å². The monoisotopic (exact) mass is 256 g/mol. The van der Waals surface area contributed by atoms with Gasteiger partial charge in [0, 0.05) is 11.7 Å². The van der Waals surface area contributed by atoms with Crippen molar-refractivity contribution in [2.24, 2.45) is 5.92 Å². The Hall–Kier alpha value is -1.84. The molecule has 0 saturated heterocycles. The van der Waals surface area contributed by atoms with E-state index in [1.807, 2.05) is 4.57 Å². The van der Waals surface area contributed by atoms with Crippen LogP contribution in [-0.4, -0.2) is 20.8 Å². The Bertz CT molecular complexity index is 521. The SMILES string of the molecule is CC1CCCC(Nc2cccc(-n3cnnc3)c2)C1. The Balaban J connectivity index is 1.73. The van der Waals surface area contributed by atoms with Crippen LogP contribution in [-0.2, 0) is 0 Å². The van der Waals surface area contributed by atoms with Gasteiger partial charge < -0.3 is 5.32 Å². The van der Waals surface area contributed by atoms with Crippen LogP contribution in [0.3, 0.4) is 0 Å². The smallest absolute Gasteiger partial charge is 0.123 e. The van der Waals surface area contributed by atoms with Gasteiger partial charge >= 0.3 is 0 Å². The molecule has 1 N–H and O–H groups in total. The van der Waals surface area contributed by atoms with E-state index in [-0.39, 0.29) is 0 Å². The lowest BCUT2D eigenvalue weighted by Gasteiger charge is -2.28. The van der Waals surface area contributed by atoms with E-state index >= 15 is 0 Å². The highest BCUT2D eigenvalue weighted by atomic mass is 15.2. The van der Waals surface area contributed by atoms with Crippen molar-refractivity contribution < 1.29 is 0 Å². The number of nitrogens with zero attached hydrogens (tertiary/aromatic N) is 3. The van der Waals surface area contributed by atoms with Crippen molar-refractivity contribution in [3.63, 3.8) is 0 Å². The molecular weight excluding hydrogens is 236 g/mol. The molecule has 4 heteroatoms. The molecule has 2 aromatic rings. The Morgan fingerprint density at radius 3 is 2.84 bits per heavy atom. The van der Waals surface area contributed by atoms with Crippen molar-refractivity contribution >= 4 is 5.69 Å². The fourth-order valence-corrected chi connectivity index (χ4v) is 2.89. The first-order valence-electron chi connectivity index (χ1n) is 7.03. The third-order valence-corrected chi connectivity index (χ3v) is 3.87. The number of hydrogen-bond donors (Lipinski definition) is 1. The average Bonchev–Trinajstić information content (AvgIpc) is 2.93. The van der Waals surface area contributed by atoms with Gasteiger partial charge in [-0.1, -0.05) is 25.8 Å². The van der Waals surface area contributed by atoms with Crippen LogP contribution in [0.1, 0.15) is 32.6 Å². The number of aromatic nitrogens is 3. The molecule has 1 aromatic heterocycles. The summed E-state index contributed by atoms with van der Waals surface area (Å²) in [4.78, 5) is 0. The molecule has 0 bridgehead atoms. The molecular formula is C15H20N4. The first-order chi connectivity index (χ1) is 9.31. The van der Waals surface area contributed by atoms with E-state index in [1.54, 1.807) is 12.7 Å². The van der Waals surface area contributed by atoms with Gasteiger partial charge in [-0.3, -0.25) is 4.57 Å². The molecule has 3 rings (SSSR count). The molecule has 4 nitrogen and oxygen atoms in total. The third-order valence-electron chi connectivity index (χ3n) is 3.87. The highest BCUT2D eigenvalue weighted by Gasteiger charge is 2.18. The van der Waals surface area contributed by atoms with Crippen LogP contribution in [0.25, 0.3) is 5.69 Å². The molecule has 1 fully saturated rings. The predicted octanol–water partition coefficient (Wildman–Crippen LogP) is 3.26. The van der Waals surface area contributed by atoms with Gasteiger partial charge in [-0.25, -0.2) is 0 Å². The summed E-state index contributed by atoms with van der Waals surface area (Å²) in [7, 11) is 0. The van der Waals surface area contributed by atoms with Gasteiger partial charge in [-0.15, -0.1) is 10.2 Å². The van der Waals surface area contributed by atoms with Gasteiger partial charge in [0.1, 0.15) is 12.7 Å². The maximum atomic E-state index is 3.85. The second-order valence-corrected chi connectivity index (χ2v) is 5.53. The molecule has 19 heavy (non-hydrogen) atoms. The fraction of sp³-hybridized carbons (Fsp3) is 0.467. The summed E-state index contributed by atoms with van der Waals surface area (Å²) >= 11 is 0. The van der Waals surface area contributed by atoms with E-state index in [9.17, 15) is 0 Å². The van der Waals surface area contributed by atoms with E-state index in [1.165, 1.54) is 31.4 Å². The largest absolute Gasteiger partial charge is 0.382 e. The zero-order chi connectivity index (χ0) is 13.1. The van der Waals surface area contributed by atoms with E-state index in [2.05, 4.69) is 46.7 Å². The first-order valence-corrected chi connectivity index (χ1v) is 7.03. The lowest BCUT2D eigenvalue weighted by atomic mass is 9.87. The second-order valence-electron chi connectivity index (χ2n) is 5.53. The van der Waals surface area contributed by atoms with Gasteiger partial charge in [0.25, 0.3) is 0 Å². The van der Waals surface area contributed by atoms with Crippen molar-refractivity contribution in [1.29, 1.82) is 0 Å². The molecule has 1 aliphatic rings. The number of nitrogens with one attached hydrogen (secondary N) is 1. The Morgan fingerprint density at radius 2 is 2.05 bits per heavy atom. The van der Waals surface area contributed by atoms with Crippen LogP contribution >= 0.6 is 0 Å². The summed E-state index contributed by atoms with van der Waals surface area (Å²) < 4.78 is 1.93. The molecule has 0 radical (unpaired) electrons. The summed E-state index contributed by atoms with van der Waals surface area (Å²) in [6.07, 6.45) is 8.71. The molecule has 0 aliphatic heterocycles. The van der Waals surface area contributed by atoms with Gasteiger partial charge in [-0.2, -0.15) is 0 Å². The maximum Gasteiger partial charge on any atom is 0.123 e. The number of rotatable bonds is 3. The van der Waals surface area contributed by atoms with Crippen molar-refractivity contribution in [3.8, 4) is 5.69 Å². The number of hydrogen-bond acceptors (Lipinski definition) is 3. The van der Waals surface area contributed by atoms with Crippen molar-refractivity contribution in [2.75, 3.05) is 5.32 Å². The molecule has 1 heterocycles. The van der Waals surface area contributed by atoms with Crippen molar-refractivity contribution in [3.05, 3.63) is 36.9 Å². The fourth-order valence-electron chi connectivity index (χ4n) is 2.89. The summed E-state index contributed by atoms with van der Waals surface area (Å²) in [5.74, 6) is 0.840. The van der Waals surface area contributed by atoms with E-state index < -0.39 is 0 Å². The second kappa shape index (κ2) is 5.43. The van der Waals surface area contributed by atoms with Crippen molar-refractivity contribution in [2.45, 2.75) is 38.6 Å². The zero-order valence-electron chi connectivity index (χ0n) is 11.3. The minimum absolute atomic E-state index is 0.611. The number of benzene rings is 1. The topological polar surface area (TPSA) is 42.7 Å². The minimum atomic E-state index is 0.611. The van der Waals surface area contributed by atoms with E-state index in [4.69, 9.17) is 0 Å². The van der Waals surface area contributed by atoms with E-state index in [0.29, 0.717) is 6.04 Å². The maximum absolute atomic E-state index is 3.85. The summed E-state index contributed by atoms with van der Waals surface area (Å²) in [5, 5.41) is 11.4. The van der Waals surface area contributed by atoms with Crippen molar-refractivity contribution in [1.82, 2.24) is 14.8 Å². The first kappa shape index (κ1) is 12.2. The normalized spacial score (nSPS) is 23.2. The van der Waals surface area contributed by atoms with Crippen LogP contribution < -0.4 is 5.32 Å². The van der Waals surface area contributed by atoms with Gasteiger partial charge in [0.05, 0.1) is 5.69 Å². The van der Waals surface area contributed by atoms with Crippen LogP contribution in [0.5, 0.6) is 0 Å². The van der Waals surface area contributed by atoms with Crippen LogP contribution in [0, 0.1) is 5.92 Å². The lowest BCUT2D eigenvalue weighted by Crippen LogP contribution is -2.26.